The van der Waals surface area contributed by atoms with Crippen molar-refractivity contribution in [3.05, 3.63) is 35.0 Å². The predicted octanol–water partition coefficient (Wildman–Crippen LogP) is 0.400. The fraction of sp³-hybridized carbons (Fsp3) is 0.231. The third-order valence-corrected chi connectivity index (χ3v) is 4.39. The van der Waals surface area contributed by atoms with Crippen molar-refractivity contribution in [1.29, 1.82) is 0 Å². The quantitative estimate of drug-likeness (QED) is 0.749. The van der Waals surface area contributed by atoms with E-state index in [0.717, 1.165) is 17.2 Å². The summed E-state index contributed by atoms with van der Waals surface area (Å²) in [5, 5.41) is 11.6. The number of hydrogen-bond donors (Lipinski definition) is 2. The number of amides is 2. The molecule has 2 amide bonds. The molecule has 0 bridgehead atoms. The van der Waals surface area contributed by atoms with E-state index in [1.54, 1.807) is 0 Å². The molecule has 0 atom stereocenters. The Bertz CT molecular complexity index is 773. The Hall–Kier alpha value is -1.90. The Morgan fingerprint density at radius 3 is 2.55 bits per heavy atom. The Morgan fingerprint density at radius 1 is 1.32 bits per heavy atom. The van der Waals surface area contributed by atoms with Crippen LogP contribution in [0.2, 0.25) is 5.02 Å². The molecule has 0 unspecified atom stereocenters. The number of benzene rings is 1. The van der Waals surface area contributed by atoms with E-state index >= 15 is 0 Å². The third kappa shape index (κ3) is 3.29. The van der Waals surface area contributed by atoms with Crippen LogP contribution in [0.1, 0.15) is 0 Å². The molecule has 1 aromatic carbocycles. The van der Waals surface area contributed by atoms with Gasteiger partial charge < -0.3 is 10.4 Å². The number of aliphatic hydroxyl groups excluding tert-OH is 1. The highest BCUT2D eigenvalue weighted by molar-refractivity contribution is 7.90. The second kappa shape index (κ2) is 6.07. The number of nitrogens with zero attached hydrogens (tertiary/aromatic N) is 1. The smallest absolute Gasteiger partial charge is 0.277 e. The molecule has 0 radical (unpaired) electrons. The van der Waals surface area contributed by atoms with Crippen LogP contribution in [0.5, 0.6) is 0 Å². The Kier molecular flexibility index (Phi) is 4.55. The van der Waals surface area contributed by atoms with E-state index in [2.05, 4.69) is 5.32 Å². The second-order valence-corrected chi connectivity index (χ2v) is 7.04. The second-order valence-electron chi connectivity index (χ2n) is 4.62. The zero-order valence-corrected chi connectivity index (χ0v) is 13.1. The molecule has 0 spiro atoms. The fourth-order valence-electron chi connectivity index (χ4n) is 1.88. The average molecular weight is 345 g/mol. The van der Waals surface area contributed by atoms with Crippen LogP contribution in [-0.2, 0) is 19.4 Å². The van der Waals surface area contributed by atoms with Gasteiger partial charge in [-0.3, -0.25) is 14.5 Å². The SMILES string of the molecule is CS(=O)(=O)c1ccc(NC2=CC(=O)N(CCO)C2=O)c(Cl)c1. The van der Waals surface area contributed by atoms with Gasteiger partial charge in [0.25, 0.3) is 11.8 Å². The van der Waals surface area contributed by atoms with Gasteiger partial charge in [-0.25, -0.2) is 8.42 Å². The summed E-state index contributed by atoms with van der Waals surface area (Å²) in [7, 11) is -3.39. The van der Waals surface area contributed by atoms with E-state index in [4.69, 9.17) is 16.7 Å². The van der Waals surface area contributed by atoms with Crippen LogP contribution in [0.25, 0.3) is 0 Å². The van der Waals surface area contributed by atoms with Crippen molar-refractivity contribution < 1.29 is 23.1 Å². The molecule has 1 heterocycles. The van der Waals surface area contributed by atoms with Crippen molar-refractivity contribution in [2.45, 2.75) is 4.90 Å². The van der Waals surface area contributed by atoms with Crippen LogP contribution in [-0.4, -0.2) is 49.6 Å². The van der Waals surface area contributed by atoms with Crippen LogP contribution in [0.3, 0.4) is 0 Å². The Balaban J connectivity index is 2.24. The highest BCUT2D eigenvalue weighted by atomic mass is 35.5. The summed E-state index contributed by atoms with van der Waals surface area (Å²) < 4.78 is 22.9. The summed E-state index contributed by atoms with van der Waals surface area (Å²) >= 11 is 5.99. The summed E-state index contributed by atoms with van der Waals surface area (Å²) in [6, 6.07) is 4.01. The number of sulfone groups is 1. The third-order valence-electron chi connectivity index (χ3n) is 2.97. The molecular weight excluding hydrogens is 332 g/mol. The van der Waals surface area contributed by atoms with Gasteiger partial charge in [-0.05, 0) is 18.2 Å². The number of carbonyl (C=O) groups is 2. The molecule has 22 heavy (non-hydrogen) atoms. The number of nitrogens with one attached hydrogen (secondary N) is 1. The molecule has 0 aliphatic carbocycles. The van der Waals surface area contributed by atoms with Crippen LogP contribution in [0.4, 0.5) is 5.69 Å². The maximum Gasteiger partial charge on any atom is 0.277 e. The summed E-state index contributed by atoms with van der Waals surface area (Å²) in [5.41, 5.74) is 0.305. The van der Waals surface area contributed by atoms with Crippen LogP contribution < -0.4 is 5.32 Å². The highest BCUT2D eigenvalue weighted by Gasteiger charge is 2.30. The largest absolute Gasteiger partial charge is 0.395 e. The zero-order valence-electron chi connectivity index (χ0n) is 11.5. The molecule has 0 saturated heterocycles. The van der Waals surface area contributed by atoms with E-state index in [-0.39, 0.29) is 28.8 Å². The Morgan fingerprint density at radius 2 is 2.00 bits per heavy atom. The number of imide groups is 1. The lowest BCUT2D eigenvalue weighted by Crippen LogP contribution is -2.34. The summed E-state index contributed by atoms with van der Waals surface area (Å²) in [5.74, 6) is -1.12. The molecule has 118 valence electrons. The van der Waals surface area contributed by atoms with Gasteiger partial charge in [0.05, 0.1) is 28.8 Å². The number of carbonyl (C=O) groups excluding carboxylic acids is 2. The van der Waals surface area contributed by atoms with Gasteiger partial charge in [0.1, 0.15) is 5.70 Å². The monoisotopic (exact) mass is 344 g/mol. The van der Waals surface area contributed by atoms with Gasteiger partial charge >= 0.3 is 0 Å². The summed E-state index contributed by atoms with van der Waals surface area (Å²) in [6.45, 7) is -0.428. The van der Waals surface area contributed by atoms with Gasteiger partial charge in [-0.2, -0.15) is 0 Å². The first kappa shape index (κ1) is 16.5. The van der Waals surface area contributed by atoms with Crippen molar-refractivity contribution in [1.82, 2.24) is 4.90 Å². The van der Waals surface area contributed by atoms with Crippen LogP contribution in [0.15, 0.2) is 34.9 Å². The molecule has 0 fully saturated rings. The van der Waals surface area contributed by atoms with Crippen molar-refractivity contribution in [2.24, 2.45) is 0 Å². The first-order valence-electron chi connectivity index (χ1n) is 6.19. The first-order chi connectivity index (χ1) is 10.2. The molecule has 1 aliphatic rings. The maximum atomic E-state index is 12.0. The van der Waals surface area contributed by atoms with Gasteiger partial charge in [0.2, 0.25) is 0 Å². The van der Waals surface area contributed by atoms with Gasteiger partial charge in [-0.15, -0.1) is 0 Å². The normalized spacial score (nSPS) is 15.2. The Labute approximate surface area is 132 Å². The van der Waals surface area contributed by atoms with Gasteiger partial charge in [-0.1, -0.05) is 11.6 Å². The molecule has 2 N–H and O–H groups in total. The summed E-state index contributed by atoms with van der Waals surface area (Å²) in [4.78, 5) is 24.5. The minimum absolute atomic E-state index is 0.00690. The minimum atomic E-state index is -3.39. The minimum Gasteiger partial charge on any atom is -0.395 e. The maximum absolute atomic E-state index is 12.0. The van der Waals surface area contributed by atoms with E-state index in [9.17, 15) is 18.0 Å². The van der Waals surface area contributed by atoms with E-state index in [1.165, 1.54) is 18.2 Å². The van der Waals surface area contributed by atoms with E-state index in [1.807, 2.05) is 0 Å². The number of β-amino-alcohol motifs (C(OH)–C–C–N with tert-alkyl or cyclic N) is 1. The lowest BCUT2D eigenvalue weighted by Gasteiger charge is -2.14. The van der Waals surface area contributed by atoms with Crippen molar-refractivity contribution >= 4 is 38.9 Å². The van der Waals surface area contributed by atoms with Crippen LogP contribution in [0, 0.1) is 0 Å². The molecule has 7 nitrogen and oxygen atoms in total. The van der Waals surface area contributed by atoms with E-state index < -0.39 is 21.7 Å². The molecule has 0 saturated carbocycles. The summed E-state index contributed by atoms with van der Waals surface area (Å²) in [6.07, 6.45) is 2.15. The number of hydrogen-bond acceptors (Lipinski definition) is 6. The lowest BCUT2D eigenvalue weighted by atomic mass is 10.3. The molecule has 9 heteroatoms. The number of aliphatic hydroxyl groups is 1. The molecular formula is C13H13ClN2O5S. The topological polar surface area (TPSA) is 104 Å². The average Bonchev–Trinajstić information content (AvgIpc) is 2.68. The predicted molar refractivity (Wildman–Crippen MR) is 80.1 cm³/mol. The van der Waals surface area contributed by atoms with Crippen LogP contribution >= 0.6 is 11.6 Å². The van der Waals surface area contributed by atoms with Gasteiger partial charge in [0.15, 0.2) is 9.84 Å². The number of anilines is 1. The number of rotatable bonds is 5. The molecule has 1 aliphatic heterocycles. The lowest BCUT2D eigenvalue weighted by molar-refractivity contribution is -0.137. The first-order valence-corrected chi connectivity index (χ1v) is 8.46. The van der Waals surface area contributed by atoms with Crippen molar-refractivity contribution in [3.8, 4) is 0 Å². The molecule has 2 rings (SSSR count). The molecule has 0 aromatic heterocycles. The van der Waals surface area contributed by atoms with Crippen molar-refractivity contribution in [3.63, 3.8) is 0 Å². The highest BCUT2D eigenvalue weighted by Crippen LogP contribution is 2.27. The number of halogens is 1. The van der Waals surface area contributed by atoms with E-state index in [0.29, 0.717) is 5.69 Å². The fourth-order valence-corrected chi connectivity index (χ4v) is 2.82. The van der Waals surface area contributed by atoms with Crippen molar-refractivity contribution in [2.75, 3.05) is 24.7 Å². The van der Waals surface area contributed by atoms with Gasteiger partial charge in [0, 0.05) is 12.3 Å². The standard InChI is InChI=1S/C13H13ClN2O5S/c1-22(20,21)8-2-3-10(9(14)6-8)15-11-7-12(18)16(4-5-17)13(11)19/h2-3,6-7,15,17H,4-5H2,1H3. The molecule has 1 aromatic rings. The zero-order chi connectivity index (χ0) is 16.5.